The van der Waals surface area contributed by atoms with Gasteiger partial charge >= 0.3 is 0 Å². The van der Waals surface area contributed by atoms with Crippen LogP contribution in [0.1, 0.15) is 31.1 Å². The SMILES string of the molecule is CCNC(=NCc1ccon1)NC(C)c1ccc2ccccc2c1. The van der Waals surface area contributed by atoms with Crippen LogP contribution in [0.4, 0.5) is 0 Å². The fourth-order valence-corrected chi connectivity index (χ4v) is 2.56. The van der Waals surface area contributed by atoms with E-state index in [-0.39, 0.29) is 6.04 Å². The van der Waals surface area contributed by atoms with E-state index in [9.17, 15) is 0 Å². The fourth-order valence-electron chi connectivity index (χ4n) is 2.56. The van der Waals surface area contributed by atoms with Gasteiger partial charge in [0.25, 0.3) is 0 Å². The average molecular weight is 322 g/mol. The number of rotatable bonds is 5. The summed E-state index contributed by atoms with van der Waals surface area (Å²) in [6, 6.07) is 16.9. The van der Waals surface area contributed by atoms with Gasteiger partial charge in [0.1, 0.15) is 12.0 Å². The third kappa shape index (κ3) is 3.93. The Balaban J connectivity index is 1.73. The molecule has 1 atom stereocenters. The Labute approximate surface area is 141 Å². The van der Waals surface area contributed by atoms with Crippen molar-refractivity contribution in [2.24, 2.45) is 4.99 Å². The molecule has 124 valence electrons. The van der Waals surface area contributed by atoms with E-state index in [1.807, 2.05) is 13.0 Å². The molecule has 0 aliphatic carbocycles. The number of nitrogens with one attached hydrogen (secondary N) is 2. The molecule has 0 saturated carbocycles. The lowest BCUT2D eigenvalue weighted by molar-refractivity contribution is 0.412. The molecular formula is C19H22N4O. The molecular weight excluding hydrogens is 300 g/mol. The fraction of sp³-hybridized carbons (Fsp3) is 0.263. The molecule has 0 spiro atoms. The molecule has 1 heterocycles. The van der Waals surface area contributed by atoms with Gasteiger partial charge in [0.05, 0.1) is 12.6 Å². The van der Waals surface area contributed by atoms with Crippen LogP contribution in [-0.2, 0) is 6.54 Å². The van der Waals surface area contributed by atoms with Crippen molar-refractivity contribution >= 4 is 16.7 Å². The van der Waals surface area contributed by atoms with Crippen LogP contribution in [0, 0.1) is 0 Å². The minimum Gasteiger partial charge on any atom is -0.364 e. The number of hydrogen-bond donors (Lipinski definition) is 2. The highest BCUT2D eigenvalue weighted by molar-refractivity contribution is 5.84. The number of nitrogens with zero attached hydrogens (tertiary/aromatic N) is 2. The maximum Gasteiger partial charge on any atom is 0.192 e. The summed E-state index contributed by atoms with van der Waals surface area (Å²) >= 11 is 0. The monoisotopic (exact) mass is 322 g/mol. The van der Waals surface area contributed by atoms with Crippen molar-refractivity contribution in [1.29, 1.82) is 0 Å². The Morgan fingerprint density at radius 3 is 2.75 bits per heavy atom. The van der Waals surface area contributed by atoms with Gasteiger partial charge in [-0.3, -0.25) is 0 Å². The molecule has 1 aromatic heterocycles. The first-order valence-electron chi connectivity index (χ1n) is 8.19. The van der Waals surface area contributed by atoms with E-state index in [1.165, 1.54) is 16.3 Å². The van der Waals surface area contributed by atoms with E-state index in [2.05, 4.69) is 70.2 Å². The number of guanidine groups is 1. The van der Waals surface area contributed by atoms with Crippen LogP contribution in [-0.4, -0.2) is 17.7 Å². The van der Waals surface area contributed by atoms with Gasteiger partial charge in [-0.15, -0.1) is 0 Å². The molecule has 5 heteroatoms. The minimum absolute atomic E-state index is 0.143. The van der Waals surface area contributed by atoms with Crippen LogP contribution < -0.4 is 10.6 Å². The molecule has 0 bridgehead atoms. The molecule has 3 rings (SSSR count). The van der Waals surface area contributed by atoms with Crippen molar-refractivity contribution in [3.63, 3.8) is 0 Å². The highest BCUT2D eigenvalue weighted by atomic mass is 16.5. The first kappa shape index (κ1) is 16.1. The summed E-state index contributed by atoms with van der Waals surface area (Å²) in [6.07, 6.45) is 1.56. The highest BCUT2D eigenvalue weighted by Crippen LogP contribution is 2.20. The summed E-state index contributed by atoms with van der Waals surface area (Å²) < 4.78 is 4.84. The summed E-state index contributed by atoms with van der Waals surface area (Å²) in [4.78, 5) is 4.56. The van der Waals surface area contributed by atoms with Crippen molar-refractivity contribution in [1.82, 2.24) is 15.8 Å². The molecule has 0 amide bonds. The van der Waals surface area contributed by atoms with Gasteiger partial charge in [0, 0.05) is 12.6 Å². The Kier molecular flexibility index (Phi) is 5.11. The normalized spacial score (nSPS) is 13.0. The highest BCUT2D eigenvalue weighted by Gasteiger charge is 2.08. The van der Waals surface area contributed by atoms with E-state index < -0.39 is 0 Å². The van der Waals surface area contributed by atoms with Gasteiger partial charge < -0.3 is 15.2 Å². The van der Waals surface area contributed by atoms with Crippen LogP contribution in [0.15, 0.2) is 64.3 Å². The second kappa shape index (κ2) is 7.64. The Morgan fingerprint density at radius 1 is 1.17 bits per heavy atom. The number of aliphatic imine (C=N–C) groups is 1. The molecule has 2 aromatic carbocycles. The van der Waals surface area contributed by atoms with Crippen molar-refractivity contribution in [2.45, 2.75) is 26.4 Å². The van der Waals surface area contributed by atoms with E-state index >= 15 is 0 Å². The lowest BCUT2D eigenvalue weighted by Crippen LogP contribution is -2.38. The molecule has 24 heavy (non-hydrogen) atoms. The third-order valence-corrected chi connectivity index (χ3v) is 3.86. The number of benzene rings is 2. The van der Waals surface area contributed by atoms with Crippen molar-refractivity contribution in [3.8, 4) is 0 Å². The lowest BCUT2D eigenvalue weighted by Gasteiger charge is -2.18. The largest absolute Gasteiger partial charge is 0.364 e. The van der Waals surface area contributed by atoms with Gasteiger partial charge in [-0.25, -0.2) is 4.99 Å². The molecule has 0 fully saturated rings. The molecule has 3 aromatic rings. The zero-order valence-electron chi connectivity index (χ0n) is 14.0. The summed E-state index contributed by atoms with van der Waals surface area (Å²) in [7, 11) is 0. The second-order valence-corrected chi connectivity index (χ2v) is 5.66. The molecule has 0 radical (unpaired) electrons. The summed E-state index contributed by atoms with van der Waals surface area (Å²) in [5.74, 6) is 0.765. The van der Waals surface area contributed by atoms with Gasteiger partial charge in [-0.1, -0.05) is 41.6 Å². The Hall–Kier alpha value is -2.82. The molecule has 0 saturated heterocycles. The standard InChI is InChI=1S/C19H22N4O/c1-3-20-19(21-13-18-10-11-24-23-18)22-14(2)16-9-8-15-6-4-5-7-17(15)12-16/h4-12,14H,3,13H2,1-2H3,(H2,20,21,22). The molecule has 1 unspecified atom stereocenters. The van der Waals surface area contributed by atoms with E-state index in [0.717, 1.165) is 18.2 Å². The molecule has 0 aliphatic rings. The van der Waals surface area contributed by atoms with Crippen LogP contribution in [0.3, 0.4) is 0 Å². The Bertz CT molecular complexity index is 811. The van der Waals surface area contributed by atoms with Crippen LogP contribution >= 0.6 is 0 Å². The van der Waals surface area contributed by atoms with Gasteiger partial charge in [0.2, 0.25) is 0 Å². The van der Waals surface area contributed by atoms with Gasteiger partial charge in [0.15, 0.2) is 5.96 Å². The first-order valence-corrected chi connectivity index (χ1v) is 8.19. The predicted molar refractivity (Wildman–Crippen MR) is 96.8 cm³/mol. The Morgan fingerprint density at radius 2 is 2.00 bits per heavy atom. The lowest BCUT2D eigenvalue weighted by atomic mass is 10.0. The summed E-state index contributed by atoms with van der Waals surface area (Å²) in [5.41, 5.74) is 2.03. The van der Waals surface area contributed by atoms with E-state index in [0.29, 0.717) is 6.54 Å². The smallest absolute Gasteiger partial charge is 0.192 e. The number of aromatic nitrogens is 1. The predicted octanol–water partition coefficient (Wildman–Crippen LogP) is 3.64. The average Bonchev–Trinajstić information content (AvgIpc) is 3.13. The van der Waals surface area contributed by atoms with E-state index in [4.69, 9.17) is 4.52 Å². The maximum absolute atomic E-state index is 4.84. The number of fused-ring (bicyclic) bond motifs is 1. The van der Waals surface area contributed by atoms with Crippen LogP contribution in [0.5, 0.6) is 0 Å². The minimum atomic E-state index is 0.143. The second-order valence-electron chi connectivity index (χ2n) is 5.66. The van der Waals surface area contributed by atoms with Crippen molar-refractivity contribution in [3.05, 3.63) is 66.1 Å². The maximum atomic E-state index is 4.84. The topological polar surface area (TPSA) is 62.5 Å². The molecule has 2 N–H and O–H groups in total. The van der Waals surface area contributed by atoms with Crippen molar-refractivity contribution in [2.75, 3.05) is 6.54 Å². The zero-order valence-corrected chi connectivity index (χ0v) is 14.0. The summed E-state index contributed by atoms with van der Waals surface area (Å²) in [5, 5.41) is 13.1. The van der Waals surface area contributed by atoms with Crippen LogP contribution in [0.2, 0.25) is 0 Å². The zero-order chi connectivity index (χ0) is 16.8. The quantitative estimate of drug-likeness (QED) is 0.556. The third-order valence-electron chi connectivity index (χ3n) is 3.86. The van der Waals surface area contributed by atoms with Crippen LogP contribution in [0.25, 0.3) is 10.8 Å². The summed E-state index contributed by atoms with van der Waals surface area (Å²) in [6.45, 7) is 5.46. The first-order chi connectivity index (χ1) is 11.8. The molecule has 5 nitrogen and oxygen atoms in total. The molecule has 0 aliphatic heterocycles. The van der Waals surface area contributed by atoms with Crippen molar-refractivity contribution < 1.29 is 4.52 Å². The van der Waals surface area contributed by atoms with Gasteiger partial charge in [-0.2, -0.15) is 0 Å². The van der Waals surface area contributed by atoms with E-state index in [1.54, 1.807) is 6.26 Å². The van der Waals surface area contributed by atoms with Gasteiger partial charge in [-0.05, 0) is 36.2 Å². The number of hydrogen-bond acceptors (Lipinski definition) is 3.